The Labute approximate surface area is 42.4 Å². The molecule has 0 amide bonds. The molecule has 0 aromatic heterocycles. The molecule has 0 unspecified atom stereocenters. The van der Waals surface area contributed by atoms with Crippen LogP contribution in [0, 0.1) is 0 Å². The third-order valence-corrected chi connectivity index (χ3v) is 1.10. The summed E-state index contributed by atoms with van der Waals surface area (Å²) in [5.74, 6) is 0. The van der Waals surface area contributed by atoms with Crippen LogP contribution in [0.2, 0.25) is 0 Å². The molecule has 2 N–H and O–H groups in total. The van der Waals surface area contributed by atoms with Crippen molar-refractivity contribution in [1.82, 2.24) is 0 Å². The van der Waals surface area contributed by atoms with Gasteiger partial charge < -0.3 is 9.47 Å². The van der Waals surface area contributed by atoms with Crippen LogP contribution in [-0.2, 0) is 9.47 Å². The lowest BCUT2D eigenvalue weighted by Gasteiger charge is -2.35. The van der Waals surface area contributed by atoms with E-state index in [1.807, 2.05) is 0 Å². The third kappa shape index (κ3) is 0.748. The Bertz CT molecular complexity index is 64.6. The van der Waals surface area contributed by atoms with Gasteiger partial charge in [0.25, 0.3) is 0 Å². The number of nitrogens with two attached hydrogens (primary N) is 1. The van der Waals surface area contributed by atoms with Gasteiger partial charge in [-0.1, -0.05) is 0 Å². The van der Waals surface area contributed by atoms with E-state index in [1.54, 1.807) is 7.11 Å². The Kier molecular flexibility index (Phi) is 1.03. The van der Waals surface area contributed by atoms with E-state index in [0.717, 1.165) is 0 Å². The van der Waals surface area contributed by atoms with Gasteiger partial charge in [-0.25, -0.2) is 0 Å². The van der Waals surface area contributed by atoms with Crippen LogP contribution in [0.25, 0.3) is 0 Å². The molecule has 0 aromatic carbocycles. The molecule has 0 radical (unpaired) electrons. The summed E-state index contributed by atoms with van der Waals surface area (Å²) in [5.41, 5.74) is 5.00. The van der Waals surface area contributed by atoms with Gasteiger partial charge >= 0.3 is 0 Å². The van der Waals surface area contributed by atoms with Gasteiger partial charge in [0.2, 0.25) is 0 Å². The zero-order valence-electron chi connectivity index (χ0n) is 4.31. The number of hydrogen-bond donors (Lipinski definition) is 1. The first-order valence-corrected chi connectivity index (χ1v) is 2.19. The molecule has 0 aromatic rings. The molecule has 0 spiro atoms. The SMILES string of the molecule is COC1(N)COC1. The first-order valence-electron chi connectivity index (χ1n) is 2.19. The van der Waals surface area contributed by atoms with E-state index in [9.17, 15) is 0 Å². The molecule has 0 saturated carbocycles. The van der Waals surface area contributed by atoms with Crippen LogP contribution in [0.1, 0.15) is 0 Å². The van der Waals surface area contributed by atoms with E-state index in [1.165, 1.54) is 0 Å². The van der Waals surface area contributed by atoms with Crippen LogP contribution in [0.15, 0.2) is 0 Å². The molecular formula is C4H9NO2. The quantitative estimate of drug-likeness (QED) is 0.447. The molecule has 3 heteroatoms. The molecule has 0 atom stereocenters. The van der Waals surface area contributed by atoms with E-state index >= 15 is 0 Å². The normalized spacial score (nSPS) is 26.6. The summed E-state index contributed by atoms with van der Waals surface area (Å²) in [6.07, 6.45) is 0. The zero-order chi connectivity index (χ0) is 5.33. The first-order chi connectivity index (χ1) is 3.27. The molecule has 0 bridgehead atoms. The number of methoxy groups -OCH3 is 1. The van der Waals surface area contributed by atoms with Crippen molar-refractivity contribution in [2.24, 2.45) is 5.73 Å². The van der Waals surface area contributed by atoms with Gasteiger partial charge in [0.1, 0.15) is 0 Å². The lowest BCUT2D eigenvalue weighted by molar-refractivity contribution is -0.191. The van der Waals surface area contributed by atoms with Crippen LogP contribution in [0.3, 0.4) is 0 Å². The summed E-state index contributed by atoms with van der Waals surface area (Å²) in [5, 5.41) is 0. The summed E-state index contributed by atoms with van der Waals surface area (Å²) >= 11 is 0. The summed E-state index contributed by atoms with van der Waals surface area (Å²) in [7, 11) is 1.59. The van der Waals surface area contributed by atoms with E-state index in [-0.39, 0.29) is 0 Å². The second-order valence-electron chi connectivity index (χ2n) is 1.76. The fourth-order valence-corrected chi connectivity index (χ4v) is 0.421. The molecule has 42 valence electrons. The number of rotatable bonds is 1. The van der Waals surface area contributed by atoms with Crippen molar-refractivity contribution in [3.05, 3.63) is 0 Å². The molecule has 1 rings (SSSR count). The summed E-state index contributed by atoms with van der Waals surface area (Å²) < 4.78 is 9.61. The van der Waals surface area contributed by atoms with Gasteiger partial charge in [0.05, 0.1) is 13.2 Å². The lowest BCUT2D eigenvalue weighted by atomic mass is 10.2. The Hall–Kier alpha value is -0.120. The predicted octanol–water partition coefficient (Wildman–Crippen LogP) is -0.682. The van der Waals surface area contributed by atoms with Crippen LogP contribution >= 0.6 is 0 Å². The van der Waals surface area contributed by atoms with E-state index in [0.29, 0.717) is 13.2 Å². The van der Waals surface area contributed by atoms with Crippen molar-refractivity contribution in [2.75, 3.05) is 20.3 Å². The number of hydrogen-bond acceptors (Lipinski definition) is 3. The van der Waals surface area contributed by atoms with Crippen LogP contribution < -0.4 is 5.73 Å². The van der Waals surface area contributed by atoms with Crippen molar-refractivity contribution in [3.8, 4) is 0 Å². The first kappa shape index (κ1) is 5.03. The third-order valence-electron chi connectivity index (χ3n) is 1.10. The molecule has 1 fully saturated rings. The highest BCUT2D eigenvalue weighted by atomic mass is 16.6. The fourth-order valence-electron chi connectivity index (χ4n) is 0.421. The minimum absolute atomic E-state index is 0.458. The standard InChI is InChI=1S/C4H9NO2/c1-6-4(5)2-7-3-4/h2-3,5H2,1H3. The minimum Gasteiger partial charge on any atom is -0.372 e. The maximum absolute atomic E-state index is 5.45. The van der Waals surface area contributed by atoms with Gasteiger partial charge in [-0.05, 0) is 0 Å². The Morgan fingerprint density at radius 3 is 2.29 bits per heavy atom. The van der Waals surface area contributed by atoms with E-state index < -0.39 is 5.72 Å². The minimum atomic E-state index is -0.458. The highest BCUT2D eigenvalue weighted by molar-refractivity contribution is 4.79. The Morgan fingerprint density at radius 2 is 2.29 bits per heavy atom. The highest BCUT2D eigenvalue weighted by Gasteiger charge is 2.33. The second-order valence-corrected chi connectivity index (χ2v) is 1.76. The molecule has 1 aliphatic rings. The van der Waals surface area contributed by atoms with Gasteiger partial charge in [-0.3, -0.25) is 5.73 Å². The van der Waals surface area contributed by atoms with Gasteiger partial charge in [-0.2, -0.15) is 0 Å². The molecule has 3 nitrogen and oxygen atoms in total. The number of ether oxygens (including phenoxy) is 2. The van der Waals surface area contributed by atoms with Crippen molar-refractivity contribution in [1.29, 1.82) is 0 Å². The molecule has 1 heterocycles. The Morgan fingerprint density at radius 1 is 1.71 bits per heavy atom. The van der Waals surface area contributed by atoms with Gasteiger partial charge in [0, 0.05) is 7.11 Å². The molecule has 1 aliphatic heterocycles. The Balaban J connectivity index is 2.29. The van der Waals surface area contributed by atoms with Crippen molar-refractivity contribution < 1.29 is 9.47 Å². The molecular weight excluding hydrogens is 94.0 g/mol. The average molecular weight is 103 g/mol. The van der Waals surface area contributed by atoms with Crippen molar-refractivity contribution >= 4 is 0 Å². The van der Waals surface area contributed by atoms with Crippen LogP contribution in [-0.4, -0.2) is 26.0 Å². The van der Waals surface area contributed by atoms with E-state index in [4.69, 9.17) is 15.2 Å². The highest BCUT2D eigenvalue weighted by Crippen LogP contribution is 2.12. The molecule has 1 saturated heterocycles. The van der Waals surface area contributed by atoms with Gasteiger partial charge in [-0.15, -0.1) is 0 Å². The fraction of sp³-hybridized carbons (Fsp3) is 1.00. The predicted molar refractivity (Wildman–Crippen MR) is 24.7 cm³/mol. The lowest BCUT2D eigenvalue weighted by Crippen LogP contribution is -2.58. The average Bonchev–Trinajstić information content (AvgIpc) is 1.61. The maximum Gasteiger partial charge on any atom is 0.163 e. The van der Waals surface area contributed by atoms with Crippen molar-refractivity contribution in [3.63, 3.8) is 0 Å². The smallest absolute Gasteiger partial charge is 0.163 e. The van der Waals surface area contributed by atoms with Crippen LogP contribution in [0.5, 0.6) is 0 Å². The van der Waals surface area contributed by atoms with Crippen LogP contribution in [0.4, 0.5) is 0 Å². The molecule has 0 aliphatic carbocycles. The largest absolute Gasteiger partial charge is 0.372 e. The monoisotopic (exact) mass is 103 g/mol. The summed E-state index contributed by atoms with van der Waals surface area (Å²) in [6, 6.07) is 0. The second kappa shape index (κ2) is 1.43. The zero-order valence-corrected chi connectivity index (χ0v) is 4.31. The van der Waals surface area contributed by atoms with E-state index in [2.05, 4.69) is 0 Å². The van der Waals surface area contributed by atoms with Gasteiger partial charge in [0.15, 0.2) is 5.72 Å². The topological polar surface area (TPSA) is 44.5 Å². The summed E-state index contributed by atoms with van der Waals surface area (Å²) in [4.78, 5) is 0. The van der Waals surface area contributed by atoms with Crippen molar-refractivity contribution in [2.45, 2.75) is 5.72 Å². The maximum atomic E-state index is 5.45. The summed E-state index contributed by atoms with van der Waals surface area (Å²) in [6.45, 7) is 1.06. The molecule has 7 heavy (non-hydrogen) atoms.